The minimum absolute atomic E-state index is 0.130. The minimum Gasteiger partial charge on any atom is -0.478 e. The third-order valence-corrected chi connectivity index (χ3v) is 5.38. The molecule has 2 unspecified atom stereocenters. The molecule has 1 saturated carbocycles. The van der Waals surface area contributed by atoms with Crippen molar-refractivity contribution >= 4 is 17.9 Å². The molecule has 33 heavy (non-hydrogen) atoms. The molecule has 0 radical (unpaired) electrons. The van der Waals surface area contributed by atoms with E-state index in [1.54, 1.807) is 0 Å². The van der Waals surface area contributed by atoms with E-state index >= 15 is 0 Å². The van der Waals surface area contributed by atoms with E-state index in [1.807, 2.05) is 0 Å². The number of carbonyl (C=O) groups is 3. The highest BCUT2D eigenvalue weighted by molar-refractivity contribution is 5.99. The average molecular weight is 471 g/mol. The van der Waals surface area contributed by atoms with Crippen molar-refractivity contribution < 1.29 is 46.5 Å². The van der Waals surface area contributed by atoms with Crippen molar-refractivity contribution in [1.29, 1.82) is 0 Å². The van der Waals surface area contributed by atoms with E-state index in [2.05, 4.69) is 5.32 Å². The summed E-state index contributed by atoms with van der Waals surface area (Å²) in [4.78, 5) is 36.4. The van der Waals surface area contributed by atoms with Crippen LogP contribution in [0.1, 0.15) is 43.2 Å². The predicted molar refractivity (Wildman–Crippen MR) is 106 cm³/mol. The smallest absolute Gasteiger partial charge is 0.336 e. The number of halogens is 4. The zero-order chi connectivity index (χ0) is 24.5. The number of ether oxygens (including phenoxy) is 2. The zero-order valence-corrected chi connectivity index (χ0v) is 17.7. The maximum atomic E-state index is 14.8. The van der Waals surface area contributed by atoms with E-state index in [1.165, 1.54) is 19.1 Å². The third kappa shape index (κ3) is 4.71. The van der Waals surface area contributed by atoms with Crippen LogP contribution in [0.25, 0.3) is 0 Å². The van der Waals surface area contributed by atoms with Crippen molar-refractivity contribution in [3.63, 3.8) is 0 Å². The molecule has 0 amide bonds. The van der Waals surface area contributed by atoms with E-state index in [4.69, 9.17) is 9.47 Å². The van der Waals surface area contributed by atoms with Crippen LogP contribution >= 0.6 is 0 Å². The van der Waals surface area contributed by atoms with Gasteiger partial charge in [-0.15, -0.1) is 0 Å². The van der Waals surface area contributed by atoms with Gasteiger partial charge in [-0.05, 0) is 18.6 Å². The van der Waals surface area contributed by atoms with Gasteiger partial charge in [-0.3, -0.25) is 4.79 Å². The van der Waals surface area contributed by atoms with Crippen LogP contribution in [0.15, 0.2) is 40.7 Å². The van der Waals surface area contributed by atoms with Gasteiger partial charge in [0, 0.05) is 18.9 Å². The Labute approximate surface area is 186 Å². The molecule has 0 saturated heterocycles. The van der Waals surface area contributed by atoms with E-state index in [-0.39, 0.29) is 17.9 Å². The first-order chi connectivity index (χ1) is 15.5. The summed E-state index contributed by atoms with van der Waals surface area (Å²) >= 11 is 0. The fourth-order valence-electron chi connectivity index (χ4n) is 3.92. The fraction of sp³-hybridized carbons (Fsp3) is 0.409. The molecule has 1 aromatic carbocycles. The molecular formula is C22H21F4NO6. The van der Waals surface area contributed by atoms with Crippen molar-refractivity contribution in [3.8, 4) is 0 Å². The summed E-state index contributed by atoms with van der Waals surface area (Å²) in [5.74, 6) is -10.9. The Balaban J connectivity index is 2.31. The quantitative estimate of drug-likeness (QED) is 0.443. The lowest BCUT2D eigenvalue weighted by Gasteiger charge is -2.32. The summed E-state index contributed by atoms with van der Waals surface area (Å²) < 4.78 is 66.5. The molecule has 0 bridgehead atoms. The molecular weight excluding hydrogens is 450 g/mol. The van der Waals surface area contributed by atoms with Crippen molar-refractivity contribution in [2.75, 3.05) is 19.9 Å². The molecule has 7 nitrogen and oxygen atoms in total. The van der Waals surface area contributed by atoms with Crippen LogP contribution in [0.3, 0.4) is 0 Å². The number of alkyl halides is 3. The van der Waals surface area contributed by atoms with E-state index in [0.29, 0.717) is 0 Å². The van der Waals surface area contributed by atoms with Gasteiger partial charge in [0.15, 0.2) is 0 Å². The Kier molecular flexibility index (Phi) is 6.80. The zero-order valence-electron chi connectivity index (χ0n) is 17.7. The van der Waals surface area contributed by atoms with Crippen LogP contribution in [0, 0.1) is 5.82 Å². The molecule has 3 rings (SSSR count). The number of benzene rings is 1. The number of carboxylic acids is 1. The second kappa shape index (κ2) is 9.24. The Morgan fingerprint density at radius 2 is 1.85 bits per heavy atom. The standard InChI is InChI=1S/C22H21F4NO6/c1-3-32-21(31)19-15(9-33-10(2)28)27-14(8-23)18(20(29)30)17(19)11-5-4-6-13(24)16(11)12-7-22(12,25)26/h4-6,12,17,27H,3,7-9H2,1-2H3,(H,29,30). The summed E-state index contributed by atoms with van der Waals surface area (Å²) in [7, 11) is 0. The van der Waals surface area contributed by atoms with Crippen molar-refractivity contribution in [1.82, 2.24) is 5.32 Å². The summed E-state index contributed by atoms with van der Waals surface area (Å²) in [6.07, 6.45) is -0.660. The van der Waals surface area contributed by atoms with Crippen LogP contribution in [-0.2, 0) is 23.9 Å². The molecule has 0 aromatic heterocycles. The number of dihydropyridines is 1. The molecule has 1 heterocycles. The van der Waals surface area contributed by atoms with Gasteiger partial charge in [0.25, 0.3) is 5.92 Å². The predicted octanol–water partition coefficient (Wildman–Crippen LogP) is 3.32. The first-order valence-corrected chi connectivity index (χ1v) is 10.0. The van der Waals surface area contributed by atoms with Gasteiger partial charge in [0.05, 0.1) is 41.0 Å². The van der Waals surface area contributed by atoms with Crippen molar-refractivity contribution in [3.05, 3.63) is 57.7 Å². The molecule has 1 fully saturated rings. The van der Waals surface area contributed by atoms with Crippen LogP contribution in [-0.4, -0.2) is 48.8 Å². The molecule has 11 heteroatoms. The average Bonchev–Trinajstić information content (AvgIpc) is 3.37. The van der Waals surface area contributed by atoms with Gasteiger partial charge in [-0.25, -0.2) is 27.2 Å². The number of hydrogen-bond acceptors (Lipinski definition) is 6. The fourth-order valence-corrected chi connectivity index (χ4v) is 3.92. The van der Waals surface area contributed by atoms with E-state index in [0.717, 1.165) is 13.0 Å². The molecule has 1 aliphatic heterocycles. The van der Waals surface area contributed by atoms with Gasteiger partial charge in [0.2, 0.25) is 0 Å². The lowest BCUT2D eigenvalue weighted by Crippen LogP contribution is -2.36. The number of esters is 2. The highest BCUT2D eigenvalue weighted by Crippen LogP contribution is 2.58. The maximum Gasteiger partial charge on any atom is 0.336 e. The van der Waals surface area contributed by atoms with Gasteiger partial charge in [-0.2, -0.15) is 0 Å². The molecule has 0 spiro atoms. The van der Waals surface area contributed by atoms with Gasteiger partial charge >= 0.3 is 17.9 Å². The van der Waals surface area contributed by atoms with Crippen LogP contribution < -0.4 is 5.32 Å². The third-order valence-electron chi connectivity index (χ3n) is 5.38. The molecule has 2 aliphatic rings. The topological polar surface area (TPSA) is 102 Å². The van der Waals surface area contributed by atoms with Crippen LogP contribution in [0.2, 0.25) is 0 Å². The SMILES string of the molecule is CCOC(=O)C1=C(COC(C)=O)NC(CF)=C(C(=O)O)C1c1cccc(F)c1C1CC1(F)F. The molecule has 2 N–H and O–H groups in total. The Hall–Kier alpha value is -3.37. The first-order valence-electron chi connectivity index (χ1n) is 10.0. The highest BCUT2D eigenvalue weighted by atomic mass is 19.3. The van der Waals surface area contributed by atoms with Gasteiger partial charge < -0.3 is 19.9 Å². The lowest BCUT2D eigenvalue weighted by atomic mass is 9.77. The van der Waals surface area contributed by atoms with Crippen molar-refractivity contribution in [2.24, 2.45) is 0 Å². The second-order valence-electron chi connectivity index (χ2n) is 7.54. The van der Waals surface area contributed by atoms with Crippen LogP contribution in [0.4, 0.5) is 17.6 Å². The number of hydrogen-bond donors (Lipinski definition) is 2. The monoisotopic (exact) mass is 471 g/mol. The number of carboxylic acid groups (broad SMARTS) is 1. The highest BCUT2D eigenvalue weighted by Gasteiger charge is 2.60. The largest absolute Gasteiger partial charge is 0.478 e. The molecule has 1 aromatic rings. The summed E-state index contributed by atoms with van der Waals surface area (Å²) in [6.45, 7) is 0.519. The number of rotatable bonds is 8. The molecule has 2 atom stereocenters. The Morgan fingerprint density at radius 3 is 2.36 bits per heavy atom. The minimum atomic E-state index is -3.21. The molecule has 1 aliphatic carbocycles. The summed E-state index contributed by atoms with van der Waals surface area (Å²) in [6, 6.07) is 3.34. The van der Waals surface area contributed by atoms with E-state index < -0.39 is 83.6 Å². The maximum absolute atomic E-state index is 14.8. The van der Waals surface area contributed by atoms with Gasteiger partial charge in [-0.1, -0.05) is 12.1 Å². The Bertz CT molecular complexity index is 1060. The number of aliphatic carboxylic acids is 1. The number of carbonyl (C=O) groups excluding carboxylic acids is 2. The lowest BCUT2D eigenvalue weighted by molar-refractivity contribution is -0.142. The summed E-state index contributed by atoms with van der Waals surface area (Å²) in [5, 5.41) is 12.3. The van der Waals surface area contributed by atoms with Crippen LogP contribution in [0.5, 0.6) is 0 Å². The van der Waals surface area contributed by atoms with Gasteiger partial charge in [0.1, 0.15) is 19.1 Å². The van der Waals surface area contributed by atoms with Crippen molar-refractivity contribution in [2.45, 2.75) is 38.0 Å². The van der Waals surface area contributed by atoms with E-state index in [9.17, 15) is 37.1 Å². The number of allylic oxidation sites excluding steroid dienone is 1. The first kappa shape index (κ1) is 24.3. The normalized spacial score (nSPS) is 21.4. The Morgan fingerprint density at radius 1 is 1.18 bits per heavy atom. The second-order valence-corrected chi connectivity index (χ2v) is 7.54. The number of nitrogens with one attached hydrogen (secondary N) is 1. The summed E-state index contributed by atoms with van der Waals surface area (Å²) in [5.41, 5.74) is -2.43. The molecule has 178 valence electrons.